The van der Waals surface area contributed by atoms with E-state index in [0.29, 0.717) is 19.6 Å². The van der Waals surface area contributed by atoms with Gasteiger partial charge in [-0.25, -0.2) is 13.4 Å². The van der Waals surface area contributed by atoms with E-state index in [4.69, 9.17) is 0 Å². The molecule has 0 spiro atoms. The quantitative estimate of drug-likeness (QED) is 0.468. The lowest BCUT2D eigenvalue weighted by Crippen LogP contribution is -2.36. The zero-order valence-corrected chi connectivity index (χ0v) is 19.7. The van der Waals surface area contributed by atoms with Crippen molar-refractivity contribution in [3.05, 3.63) is 83.1 Å². The second kappa shape index (κ2) is 8.44. The van der Waals surface area contributed by atoms with Gasteiger partial charge in [-0.15, -0.1) is 11.3 Å². The second-order valence-electron chi connectivity index (χ2n) is 8.46. The smallest absolute Gasteiger partial charge is 0.262 e. The Morgan fingerprint density at radius 1 is 1.12 bits per heavy atom. The topological polar surface area (TPSA) is 67.2 Å². The van der Waals surface area contributed by atoms with E-state index in [9.17, 15) is 8.42 Å². The molecule has 8 heteroatoms. The first-order chi connectivity index (χ1) is 15.4. The predicted octanol–water partition coefficient (Wildman–Crippen LogP) is 3.89. The van der Waals surface area contributed by atoms with Crippen LogP contribution in [0.15, 0.2) is 72.1 Å². The molecule has 2 atom stereocenters. The van der Waals surface area contributed by atoms with Crippen molar-refractivity contribution in [3.8, 4) is 0 Å². The van der Waals surface area contributed by atoms with Crippen molar-refractivity contribution in [3.63, 3.8) is 0 Å². The van der Waals surface area contributed by atoms with Crippen LogP contribution in [-0.2, 0) is 23.6 Å². The summed E-state index contributed by atoms with van der Waals surface area (Å²) in [7, 11) is -1.86. The van der Waals surface area contributed by atoms with E-state index in [1.807, 2.05) is 18.2 Å². The van der Waals surface area contributed by atoms with Crippen LogP contribution in [0.5, 0.6) is 0 Å². The van der Waals surface area contributed by atoms with Gasteiger partial charge in [0.1, 0.15) is 0 Å². The Balaban J connectivity index is 1.39. The molecule has 5 rings (SSSR count). The lowest BCUT2D eigenvalue weighted by molar-refractivity contribution is 0.454. The SMILES string of the molecule is Cc1ccc2sc(CNC3CN(S(=O)(=O)c4cn(C)cn4)CC3c3ccccc3)cc2c1. The average molecular weight is 467 g/mol. The summed E-state index contributed by atoms with van der Waals surface area (Å²) in [6, 6.07) is 18.9. The first-order valence-electron chi connectivity index (χ1n) is 10.7. The molecular weight excluding hydrogens is 440 g/mol. The van der Waals surface area contributed by atoms with Crippen molar-refractivity contribution < 1.29 is 8.42 Å². The van der Waals surface area contributed by atoms with Gasteiger partial charge in [0.2, 0.25) is 0 Å². The molecule has 2 aromatic heterocycles. The van der Waals surface area contributed by atoms with E-state index >= 15 is 0 Å². The maximum absolute atomic E-state index is 13.2. The summed E-state index contributed by atoms with van der Waals surface area (Å²) in [6.45, 7) is 3.67. The van der Waals surface area contributed by atoms with E-state index in [2.05, 4.69) is 53.6 Å². The summed E-state index contributed by atoms with van der Waals surface area (Å²) >= 11 is 1.79. The molecule has 32 heavy (non-hydrogen) atoms. The summed E-state index contributed by atoms with van der Waals surface area (Å²) < 4.78 is 30.9. The number of nitrogens with zero attached hydrogens (tertiary/aromatic N) is 3. The Kier molecular flexibility index (Phi) is 5.63. The molecule has 1 saturated heterocycles. The first-order valence-corrected chi connectivity index (χ1v) is 12.9. The highest BCUT2D eigenvalue weighted by molar-refractivity contribution is 7.89. The van der Waals surface area contributed by atoms with Gasteiger partial charge >= 0.3 is 0 Å². The molecule has 1 aliphatic heterocycles. The van der Waals surface area contributed by atoms with Crippen LogP contribution in [0.4, 0.5) is 0 Å². The van der Waals surface area contributed by atoms with Crippen molar-refractivity contribution >= 4 is 31.4 Å². The number of hydrogen-bond acceptors (Lipinski definition) is 5. The Morgan fingerprint density at radius 3 is 2.69 bits per heavy atom. The molecule has 0 aliphatic carbocycles. The third kappa shape index (κ3) is 4.11. The Bertz CT molecular complexity index is 1340. The molecule has 3 heterocycles. The first kappa shape index (κ1) is 21.3. The number of hydrogen-bond donors (Lipinski definition) is 1. The van der Waals surface area contributed by atoms with Crippen LogP contribution < -0.4 is 5.32 Å². The number of nitrogens with one attached hydrogen (secondary N) is 1. The normalized spacial score (nSPS) is 19.7. The van der Waals surface area contributed by atoms with Gasteiger partial charge in [-0.2, -0.15) is 4.31 Å². The number of aryl methyl sites for hydroxylation is 2. The lowest BCUT2D eigenvalue weighted by atomic mass is 9.94. The lowest BCUT2D eigenvalue weighted by Gasteiger charge is -2.19. The van der Waals surface area contributed by atoms with Crippen LogP contribution in [0.2, 0.25) is 0 Å². The highest BCUT2D eigenvalue weighted by Crippen LogP contribution is 2.32. The van der Waals surface area contributed by atoms with Crippen LogP contribution in [0.1, 0.15) is 21.9 Å². The van der Waals surface area contributed by atoms with Crippen molar-refractivity contribution in [2.45, 2.75) is 30.5 Å². The molecule has 0 radical (unpaired) electrons. The fourth-order valence-corrected chi connectivity index (χ4v) is 6.85. The second-order valence-corrected chi connectivity index (χ2v) is 11.5. The van der Waals surface area contributed by atoms with E-state index in [1.165, 1.54) is 26.9 Å². The molecule has 166 valence electrons. The van der Waals surface area contributed by atoms with Crippen LogP contribution in [0.25, 0.3) is 10.1 Å². The van der Waals surface area contributed by atoms with E-state index in [0.717, 1.165) is 5.56 Å². The summed E-state index contributed by atoms with van der Waals surface area (Å²) in [5.74, 6) is 0.0753. The highest BCUT2D eigenvalue weighted by Gasteiger charge is 2.40. The molecule has 1 aliphatic rings. The van der Waals surface area contributed by atoms with Crippen LogP contribution >= 0.6 is 11.3 Å². The minimum Gasteiger partial charge on any atom is -0.339 e. The largest absolute Gasteiger partial charge is 0.339 e. The fourth-order valence-electron chi connectivity index (χ4n) is 4.40. The number of rotatable bonds is 6. The minimum absolute atomic E-state index is 0.0165. The molecule has 6 nitrogen and oxygen atoms in total. The molecular formula is C24H26N4O2S2. The molecule has 1 fully saturated rings. The van der Waals surface area contributed by atoms with E-state index in [-0.39, 0.29) is 17.0 Å². The third-order valence-electron chi connectivity index (χ3n) is 6.06. The molecule has 1 N–H and O–H groups in total. The third-order valence-corrected chi connectivity index (χ3v) is 8.89. The van der Waals surface area contributed by atoms with Gasteiger partial charge in [0, 0.05) is 54.4 Å². The zero-order chi connectivity index (χ0) is 22.3. The summed E-state index contributed by atoms with van der Waals surface area (Å²) in [4.78, 5) is 5.35. The van der Waals surface area contributed by atoms with Crippen LogP contribution in [0.3, 0.4) is 0 Å². The monoisotopic (exact) mass is 466 g/mol. The van der Waals surface area contributed by atoms with Gasteiger partial charge in [-0.1, -0.05) is 48.0 Å². The number of imidazole rings is 1. The summed E-state index contributed by atoms with van der Waals surface area (Å²) in [5.41, 5.74) is 2.40. The summed E-state index contributed by atoms with van der Waals surface area (Å²) in [5, 5.41) is 5.02. The fraction of sp³-hybridized carbons (Fsp3) is 0.292. The molecule has 0 saturated carbocycles. The summed E-state index contributed by atoms with van der Waals surface area (Å²) in [6.07, 6.45) is 3.09. The van der Waals surface area contributed by atoms with Crippen LogP contribution in [0, 0.1) is 6.92 Å². The van der Waals surface area contributed by atoms with Crippen molar-refractivity contribution in [2.75, 3.05) is 13.1 Å². The van der Waals surface area contributed by atoms with Crippen molar-refractivity contribution in [1.29, 1.82) is 0 Å². The van der Waals surface area contributed by atoms with Gasteiger partial charge in [0.25, 0.3) is 10.0 Å². The predicted molar refractivity (Wildman–Crippen MR) is 128 cm³/mol. The molecule has 0 bridgehead atoms. The number of aromatic nitrogens is 2. The molecule has 2 aromatic carbocycles. The van der Waals surface area contributed by atoms with Gasteiger partial charge in [-0.3, -0.25) is 0 Å². The van der Waals surface area contributed by atoms with Gasteiger partial charge < -0.3 is 9.88 Å². The Hall–Kier alpha value is -2.52. The number of fused-ring (bicyclic) bond motifs is 1. The van der Waals surface area contributed by atoms with Gasteiger partial charge in [0.15, 0.2) is 5.03 Å². The Morgan fingerprint density at radius 2 is 1.94 bits per heavy atom. The van der Waals surface area contributed by atoms with Crippen LogP contribution in [-0.4, -0.2) is 41.4 Å². The maximum atomic E-state index is 13.2. The maximum Gasteiger partial charge on any atom is 0.262 e. The Labute approximate surface area is 192 Å². The number of sulfonamides is 1. The van der Waals surface area contributed by atoms with E-state index in [1.54, 1.807) is 33.5 Å². The number of thiophene rings is 1. The molecule has 4 aromatic rings. The molecule has 0 amide bonds. The average Bonchev–Trinajstić information content (AvgIpc) is 3.50. The standard InChI is InChI=1S/C24H26N4O2S2/c1-17-8-9-23-19(10-17)11-20(31-23)12-25-22-14-28(13-21(22)18-6-4-3-5-7-18)32(29,30)24-15-27(2)16-26-24/h3-11,15-16,21-22,25H,12-14H2,1-2H3. The minimum atomic E-state index is -3.64. The van der Waals surface area contributed by atoms with E-state index < -0.39 is 10.0 Å². The van der Waals surface area contributed by atoms with Crippen molar-refractivity contribution in [1.82, 2.24) is 19.2 Å². The van der Waals surface area contributed by atoms with Gasteiger partial charge in [0.05, 0.1) is 6.33 Å². The highest BCUT2D eigenvalue weighted by atomic mass is 32.2. The number of benzene rings is 2. The van der Waals surface area contributed by atoms with Gasteiger partial charge in [-0.05, 0) is 30.0 Å². The molecule has 2 unspecified atom stereocenters. The zero-order valence-electron chi connectivity index (χ0n) is 18.1. The van der Waals surface area contributed by atoms with Crippen molar-refractivity contribution in [2.24, 2.45) is 7.05 Å².